The van der Waals surface area contributed by atoms with Crippen LogP contribution in [0.3, 0.4) is 0 Å². The number of carboxylic acid groups (broad SMARTS) is 1. The molecule has 1 amide bonds. The molecule has 2 aromatic carbocycles. The first kappa shape index (κ1) is 19.8. The van der Waals surface area contributed by atoms with Gasteiger partial charge in [0.05, 0.1) is 5.75 Å². The van der Waals surface area contributed by atoms with E-state index in [4.69, 9.17) is 14.4 Å². The molecule has 0 saturated carbocycles. The molecule has 0 fully saturated rings. The number of carbonyl (C=O) groups excluding carboxylic acids is 1. The minimum atomic E-state index is -4.34. The van der Waals surface area contributed by atoms with Crippen molar-refractivity contribution in [3.63, 3.8) is 0 Å². The number of rotatable bonds is 7. The minimum absolute atomic E-state index is 0.00446. The van der Waals surface area contributed by atoms with Crippen LogP contribution in [0.15, 0.2) is 48.5 Å². The lowest BCUT2D eigenvalue weighted by atomic mass is 9.98. The van der Waals surface area contributed by atoms with E-state index >= 15 is 0 Å². The molecule has 3 N–H and O–H groups in total. The molecule has 3 rings (SSSR count). The third-order valence-corrected chi connectivity index (χ3v) is 5.35. The van der Waals surface area contributed by atoms with Crippen LogP contribution >= 0.6 is 0 Å². The highest BCUT2D eigenvalue weighted by Gasteiger charge is 2.30. The first-order valence-corrected chi connectivity index (χ1v) is 10.2. The molecule has 1 atom stereocenters. The number of alkyl carbamates (subject to hydrolysis) is 1. The van der Waals surface area contributed by atoms with Gasteiger partial charge in [-0.2, -0.15) is 8.42 Å². The first-order valence-electron chi connectivity index (χ1n) is 8.56. The van der Waals surface area contributed by atoms with E-state index in [1.165, 1.54) is 0 Å². The Labute approximate surface area is 161 Å². The van der Waals surface area contributed by atoms with Gasteiger partial charge in [-0.25, -0.2) is 9.59 Å². The maximum Gasteiger partial charge on any atom is 0.407 e. The van der Waals surface area contributed by atoms with Gasteiger partial charge in [0.1, 0.15) is 12.6 Å². The second-order valence-electron chi connectivity index (χ2n) is 6.44. The van der Waals surface area contributed by atoms with E-state index in [0.717, 1.165) is 22.3 Å². The van der Waals surface area contributed by atoms with Crippen molar-refractivity contribution < 1.29 is 32.4 Å². The van der Waals surface area contributed by atoms with E-state index in [-0.39, 0.29) is 12.5 Å². The smallest absolute Gasteiger partial charge is 0.407 e. The Hall–Kier alpha value is -2.91. The van der Waals surface area contributed by atoms with Crippen molar-refractivity contribution in [3.05, 3.63) is 59.7 Å². The molecule has 8 nitrogen and oxygen atoms in total. The van der Waals surface area contributed by atoms with Crippen molar-refractivity contribution in [2.45, 2.75) is 18.4 Å². The monoisotopic (exact) mass is 405 g/mol. The molecule has 9 heteroatoms. The number of hydrogen-bond acceptors (Lipinski definition) is 5. The van der Waals surface area contributed by atoms with Crippen LogP contribution in [-0.4, -0.2) is 48.5 Å². The molecule has 1 unspecified atom stereocenters. The molecule has 2 aromatic rings. The molecule has 0 radical (unpaired) electrons. The maximum atomic E-state index is 12.1. The number of ether oxygens (including phenoxy) is 1. The third kappa shape index (κ3) is 4.49. The van der Waals surface area contributed by atoms with Gasteiger partial charge in [-0.05, 0) is 28.7 Å². The van der Waals surface area contributed by atoms with Crippen molar-refractivity contribution in [2.24, 2.45) is 0 Å². The molecule has 0 heterocycles. The van der Waals surface area contributed by atoms with E-state index in [0.29, 0.717) is 0 Å². The summed E-state index contributed by atoms with van der Waals surface area (Å²) in [6.07, 6.45) is -1.44. The zero-order valence-corrected chi connectivity index (χ0v) is 15.6. The zero-order chi connectivity index (χ0) is 20.3. The second-order valence-corrected chi connectivity index (χ2v) is 8.01. The van der Waals surface area contributed by atoms with E-state index in [1.807, 2.05) is 48.5 Å². The van der Waals surface area contributed by atoms with Gasteiger partial charge in [0.25, 0.3) is 10.1 Å². The van der Waals surface area contributed by atoms with E-state index in [9.17, 15) is 18.0 Å². The SMILES string of the molecule is O=C(NC(CCS(=O)(=O)O)C(=O)O)OCC1c2ccccc2-c2ccccc21. The second kappa shape index (κ2) is 7.99. The molecule has 1 aliphatic carbocycles. The molecular weight excluding hydrogens is 386 g/mol. The number of carboxylic acids is 1. The molecule has 28 heavy (non-hydrogen) atoms. The van der Waals surface area contributed by atoms with Crippen LogP contribution in [-0.2, 0) is 19.6 Å². The lowest BCUT2D eigenvalue weighted by Crippen LogP contribution is -2.42. The Balaban J connectivity index is 1.66. The Morgan fingerprint density at radius 2 is 1.57 bits per heavy atom. The van der Waals surface area contributed by atoms with Gasteiger partial charge in [0, 0.05) is 5.92 Å². The lowest BCUT2D eigenvalue weighted by molar-refractivity contribution is -0.139. The molecule has 0 bridgehead atoms. The van der Waals surface area contributed by atoms with Crippen molar-refractivity contribution in [1.82, 2.24) is 5.32 Å². The highest BCUT2D eigenvalue weighted by Crippen LogP contribution is 2.44. The molecule has 0 saturated heterocycles. The van der Waals surface area contributed by atoms with Crippen LogP contribution in [0.2, 0.25) is 0 Å². The summed E-state index contributed by atoms with van der Waals surface area (Å²) >= 11 is 0. The molecule has 0 aliphatic heterocycles. The fraction of sp³-hybridized carbons (Fsp3) is 0.263. The average Bonchev–Trinajstić information content (AvgIpc) is 2.96. The standard InChI is InChI=1S/C19H19NO7S/c21-18(22)17(9-10-28(24,25)26)20-19(23)27-11-16-14-7-3-1-5-12(14)13-6-2-4-8-15(13)16/h1-8,16-17H,9-11H2,(H,20,23)(H,21,22)(H,24,25,26). The van der Waals surface area contributed by atoms with Gasteiger partial charge in [0.2, 0.25) is 0 Å². The summed E-state index contributed by atoms with van der Waals surface area (Å²) in [5.41, 5.74) is 4.14. The van der Waals surface area contributed by atoms with Gasteiger partial charge in [-0.1, -0.05) is 48.5 Å². The van der Waals surface area contributed by atoms with Gasteiger partial charge in [-0.3, -0.25) is 4.55 Å². The quantitative estimate of drug-likeness (QED) is 0.602. The van der Waals surface area contributed by atoms with Crippen LogP contribution < -0.4 is 5.32 Å². The van der Waals surface area contributed by atoms with Gasteiger partial charge in [-0.15, -0.1) is 0 Å². The number of fused-ring (bicyclic) bond motifs is 3. The number of hydrogen-bond donors (Lipinski definition) is 3. The van der Waals surface area contributed by atoms with E-state index in [2.05, 4.69) is 5.32 Å². The summed E-state index contributed by atoms with van der Waals surface area (Å²) in [6.45, 7) is 0.00446. The number of carbonyl (C=O) groups is 2. The average molecular weight is 405 g/mol. The Morgan fingerprint density at radius 1 is 1.04 bits per heavy atom. The zero-order valence-electron chi connectivity index (χ0n) is 14.7. The van der Waals surface area contributed by atoms with Crippen molar-refractivity contribution in [2.75, 3.05) is 12.4 Å². The van der Waals surface area contributed by atoms with Crippen LogP contribution in [0.5, 0.6) is 0 Å². The van der Waals surface area contributed by atoms with Gasteiger partial charge in [0.15, 0.2) is 0 Å². The fourth-order valence-electron chi connectivity index (χ4n) is 3.31. The topological polar surface area (TPSA) is 130 Å². The summed E-state index contributed by atoms with van der Waals surface area (Å²) in [4.78, 5) is 23.2. The predicted octanol–water partition coefficient (Wildman–Crippen LogP) is 2.26. The summed E-state index contributed by atoms with van der Waals surface area (Å²) in [5, 5.41) is 11.2. The summed E-state index contributed by atoms with van der Waals surface area (Å²) < 4.78 is 35.6. The molecule has 0 aromatic heterocycles. The van der Waals surface area contributed by atoms with Crippen LogP contribution in [0.25, 0.3) is 11.1 Å². The summed E-state index contributed by atoms with van der Waals surface area (Å²) in [6, 6.07) is 14.0. The van der Waals surface area contributed by atoms with Gasteiger partial charge >= 0.3 is 12.1 Å². The van der Waals surface area contributed by atoms with E-state index < -0.39 is 40.4 Å². The van der Waals surface area contributed by atoms with Crippen molar-refractivity contribution in [3.8, 4) is 11.1 Å². The maximum absolute atomic E-state index is 12.1. The molecule has 148 valence electrons. The number of benzene rings is 2. The normalized spacial score (nSPS) is 14.0. The number of aliphatic carboxylic acids is 1. The molecule has 0 spiro atoms. The van der Waals surface area contributed by atoms with E-state index in [1.54, 1.807) is 0 Å². The lowest BCUT2D eigenvalue weighted by Gasteiger charge is -2.17. The fourth-order valence-corrected chi connectivity index (χ4v) is 3.84. The molecule has 1 aliphatic rings. The molecular formula is C19H19NO7S. The van der Waals surface area contributed by atoms with Crippen LogP contribution in [0.1, 0.15) is 23.5 Å². The Kier molecular flexibility index (Phi) is 5.66. The summed E-state index contributed by atoms with van der Waals surface area (Å²) in [7, 11) is -4.34. The Bertz CT molecular complexity index is 957. The van der Waals surface area contributed by atoms with Crippen LogP contribution in [0, 0.1) is 0 Å². The Morgan fingerprint density at radius 3 is 2.07 bits per heavy atom. The third-order valence-electron chi connectivity index (χ3n) is 4.60. The number of amides is 1. The highest BCUT2D eigenvalue weighted by atomic mass is 32.2. The number of nitrogens with one attached hydrogen (secondary N) is 1. The summed E-state index contributed by atoms with van der Waals surface area (Å²) in [5.74, 6) is -2.38. The van der Waals surface area contributed by atoms with Crippen LogP contribution in [0.4, 0.5) is 4.79 Å². The predicted molar refractivity (Wildman–Crippen MR) is 101 cm³/mol. The van der Waals surface area contributed by atoms with Crippen molar-refractivity contribution >= 4 is 22.2 Å². The van der Waals surface area contributed by atoms with Gasteiger partial charge < -0.3 is 15.2 Å². The largest absolute Gasteiger partial charge is 0.480 e. The highest BCUT2D eigenvalue weighted by molar-refractivity contribution is 7.85. The first-order chi connectivity index (χ1) is 13.3. The minimum Gasteiger partial charge on any atom is -0.480 e. The van der Waals surface area contributed by atoms with Crippen molar-refractivity contribution in [1.29, 1.82) is 0 Å².